The van der Waals surface area contributed by atoms with Gasteiger partial charge in [-0.1, -0.05) is 25.1 Å². The number of carboxylic acid groups (broad SMARTS) is 1. The largest absolute Gasteiger partial charge is 0.480 e. The van der Waals surface area contributed by atoms with Crippen LogP contribution in [0.2, 0.25) is 0 Å². The molecule has 152 valence electrons. The van der Waals surface area contributed by atoms with Crippen LogP contribution in [0.15, 0.2) is 30.3 Å². The van der Waals surface area contributed by atoms with Gasteiger partial charge in [-0.05, 0) is 45.4 Å². The number of hydrogen-bond acceptors (Lipinski definition) is 4. The van der Waals surface area contributed by atoms with Gasteiger partial charge in [0.05, 0.1) is 13.1 Å². The van der Waals surface area contributed by atoms with Crippen molar-refractivity contribution in [3.63, 3.8) is 0 Å². The molecule has 1 fully saturated rings. The van der Waals surface area contributed by atoms with Crippen molar-refractivity contribution in [3.8, 4) is 0 Å². The summed E-state index contributed by atoms with van der Waals surface area (Å²) in [5.41, 5.74) is 0.931. The number of benzene rings is 1. The number of piperidine rings is 1. The topological polar surface area (TPSA) is 64.1 Å². The van der Waals surface area contributed by atoms with Crippen LogP contribution in [-0.4, -0.2) is 71.6 Å². The van der Waals surface area contributed by atoms with Crippen LogP contribution in [-0.2, 0) is 9.59 Å². The molecule has 1 N–H and O–H groups in total. The van der Waals surface area contributed by atoms with Crippen LogP contribution < -0.4 is 4.90 Å². The van der Waals surface area contributed by atoms with E-state index in [0.29, 0.717) is 6.54 Å². The number of nitrogens with zero attached hydrogens (tertiary/aromatic N) is 3. The third-order valence-corrected chi connectivity index (χ3v) is 5.00. The summed E-state index contributed by atoms with van der Waals surface area (Å²) in [6.45, 7) is 8.95. The van der Waals surface area contributed by atoms with Crippen molar-refractivity contribution in [2.45, 2.75) is 45.7 Å². The molecule has 1 saturated heterocycles. The summed E-state index contributed by atoms with van der Waals surface area (Å²) in [4.78, 5) is 29.9. The van der Waals surface area contributed by atoms with Gasteiger partial charge in [-0.2, -0.15) is 0 Å². The van der Waals surface area contributed by atoms with E-state index < -0.39 is 5.97 Å². The Morgan fingerprint density at radius 1 is 1.19 bits per heavy atom. The van der Waals surface area contributed by atoms with Gasteiger partial charge in [0.15, 0.2) is 0 Å². The molecule has 1 aliphatic rings. The standard InChI is InChI=1S/C20H31N3O3.ClH/c1-4-22(15-20(25)26)17-10-12-21(13-11-17)14-19(24)23(16(2)3)18-8-6-5-7-9-18;/h5-9,16-17H,4,10-15H2,1-3H3,(H,25,26);1H. The molecule has 0 bridgehead atoms. The molecule has 0 unspecified atom stereocenters. The number of anilines is 1. The number of rotatable bonds is 8. The van der Waals surface area contributed by atoms with Crippen LogP contribution in [0.4, 0.5) is 5.69 Å². The number of carbonyl (C=O) groups is 2. The Labute approximate surface area is 168 Å². The first-order valence-electron chi connectivity index (χ1n) is 9.47. The molecule has 7 heteroatoms. The van der Waals surface area contributed by atoms with Gasteiger partial charge >= 0.3 is 5.97 Å². The fourth-order valence-corrected chi connectivity index (χ4v) is 3.70. The average molecular weight is 398 g/mol. The summed E-state index contributed by atoms with van der Waals surface area (Å²) < 4.78 is 0. The van der Waals surface area contributed by atoms with Gasteiger partial charge < -0.3 is 10.0 Å². The molecule has 0 radical (unpaired) electrons. The van der Waals surface area contributed by atoms with E-state index in [-0.39, 0.29) is 36.9 Å². The van der Waals surface area contributed by atoms with Crippen molar-refractivity contribution >= 4 is 30.0 Å². The molecular formula is C20H32ClN3O3. The third kappa shape index (κ3) is 6.79. The predicted octanol–water partition coefficient (Wildman–Crippen LogP) is 2.72. The van der Waals surface area contributed by atoms with Crippen molar-refractivity contribution in [2.24, 2.45) is 0 Å². The Balaban J connectivity index is 0.00000364. The molecule has 6 nitrogen and oxygen atoms in total. The number of carboxylic acids is 1. The van der Waals surface area contributed by atoms with Crippen LogP contribution >= 0.6 is 12.4 Å². The highest BCUT2D eigenvalue weighted by Gasteiger charge is 2.27. The van der Waals surface area contributed by atoms with E-state index >= 15 is 0 Å². The smallest absolute Gasteiger partial charge is 0.317 e. The first-order chi connectivity index (χ1) is 12.4. The summed E-state index contributed by atoms with van der Waals surface area (Å²) in [6, 6.07) is 10.2. The normalized spacial score (nSPS) is 15.6. The third-order valence-electron chi connectivity index (χ3n) is 5.00. The van der Waals surface area contributed by atoms with Gasteiger partial charge in [-0.3, -0.25) is 19.4 Å². The zero-order valence-corrected chi connectivity index (χ0v) is 17.3. The monoisotopic (exact) mass is 397 g/mol. The molecule has 27 heavy (non-hydrogen) atoms. The number of likely N-dealkylation sites (tertiary alicyclic amines) is 1. The molecule has 0 atom stereocenters. The Morgan fingerprint density at radius 3 is 2.26 bits per heavy atom. The minimum Gasteiger partial charge on any atom is -0.480 e. The summed E-state index contributed by atoms with van der Waals surface area (Å²) in [5.74, 6) is -0.664. The minimum atomic E-state index is -0.778. The van der Waals surface area contributed by atoms with Crippen molar-refractivity contribution in [3.05, 3.63) is 30.3 Å². The summed E-state index contributed by atoms with van der Waals surface area (Å²) in [6.07, 6.45) is 1.81. The van der Waals surface area contributed by atoms with E-state index in [0.717, 1.165) is 38.2 Å². The van der Waals surface area contributed by atoms with Crippen molar-refractivity contribution in [1.82, 2.24) is 9.80 Å². The molecule has 0 saturated carbocycles. The second-order valence-electron chi connectivity index (χ2n) is 7.16. The Kier molecular flexibility index (Phi) is 9.77. The van der Waals surface area contributed by atoms with Gasteiger partial charge in [-0.25, -0.2) is 0 Å². The number of para-hydroxylation sites is 1. The number of carbonyl (C=O) groups excluding carboxylic acids is 1. The Hall–Kier alpha value is -1.63. The van der Waals surface area contributed by atoms with Crippen molar-refractivity contribution in [1.29, 1.82) is 0 Å². The Bertz CT molecular complexity index is 589. The molecule has 1 aromatic carbocycles. The highest BCUT2D eigenvalue weighted by Crippen LogP contribution is 2.19. The highest BCUT2D eigenvalue weighted by atomic mass is 35.5. The summed E-state index contributed by atoms with van der Waals surface area (Å²) >= 11 is 0. The zero-order valence-electron chi connectivity index (χ0n) is 16.5. The average Bonchev–Trinajstić information content (AvgIpc) is 2.61. The zero-order chi connectivity index (χ0) is 19.1. The molecule has 0 aliphatic carbocycles. The van der Waals surface area contributed by atoms with Gasteiger partial charge in [0.1, 0.15) is 0 Å². The van der Waals surface area contributed by atoms with Gasteiger partial charge in [0, 0.05) is 30.9 Å². The molecule has 1 amide bonds. The maximum absolute atomic E-state index is 12.9. The first-order valence-corrected chi connectivity index (χ1v) is 9.47. The van der Waals surface area contributed by atoms with Crippen LogP contribution in [0, 0.1) is 0 Å². The second-order valence-corrected chi connectivity index (χ2v) is 7.16. The fourth-order valence-electron chi connectivity index (χ4n) is 3.70. The minimum absolute atomic E-state index is 0. The van der Waals surface area contributed by atoms with E-state index in [1.54, 1.807) is 0 Å². The number of likely N-dealkylation sites (N-methyl/N-ethyl adjacent to an activating group) is 1. The quantitative estimate of drug-likeness (QED) is 0.730. The number of hydrogen-bond donors (Lipinski definition) is 1. The van der Waals surface area contributed by atoms with E-state index in [1.165, 1.54) is 0 Å². The molecule has 1 aromatic rings. The lowest BCUT2D eigenvalue weighted by atomic mass is 10.0. The maximum atomic E-state index is 12.9. The highest BCUT2D eigenvalue weighted by molar-refractivity contribution is 5.95. The SMILES string of the molecule is CCN(CC(=O)O)C1CCN(CC(=O)N(c2ccccc2)C(C)C)CC1.Cl. The lowest BCUT2D eigenvalue weighted by Gasteiger charge is -2.38. The number of amides is 1. The van der Waals surface area contributed by atoms with E-state index in [4.69, 9.17) is 5.11 Å². The van der Waals surface area contributed by atoms with Crippen LogP contribution in [0.3, 0.4) is 0 Å². The number of halogens is 1. The summed E-state index contributed by atoms with van der Waals surface area (Å²) in [7, 11) is 0. The molecule has 0 aromatic heterocycles. The second kappa shape index (κ2) is 11.3. The predicted molar refractivity (Wildman–Crippen MR) is 111 cm³/mol. The van der Waals surface area contributed by atoms with Gasteiger partial charge in [-0.15, -0.1) is 12.4 Å². The lowest BCUT2D eigenvalue weighted by molar-refractivity contribution is -0.139. The first kappa shape index (κ1) is 23.4. The lowest BCUT2D eigenvalue weighted by Crippen LogP contribution is -2.50. The van der Waals surface area contributed by atoms with E-state index in [1.807, 2.05) is 60.9 Å². The van der Waals surface area contributed by atoms with Crippen LogP contribution in [0.1, 0.15) is 33.6 Å². The molecule has 2 rings (SSSR count). The van der Waals surface area contributed by atoms with E-state index in [9.17, 15) is 9.59 Å². The molecule has 1 heterocycles. The molecular weight excluding hydrogens is 366 g/mol. The van der Waals surface area contributed by atoms with Crippen LogP contribution in [0.5, 0.6) is 0 Å². The summed E-state index contributed by atoms with van der Waals surface area (Å²) in [5, 5.41) is 9.04. The van der Waals surface area contributed by atoms with Gasteiger partial charge in [0.2, 0.25) is 5.91 Å². The van der Waals surface area contributed by atoms with E-state index in [2.05, 4.69) is 4.90 Å². The van der Waals surface area contributed by atoms with Crippen molar-refractivity contribution < 1.29 is 14.7 Å². The maximum Gasteiger partial charge on any atom is 0.317 e. The Morgan fingerprint density at radius 2 is 1.78 bits per heavy atom. The van der Waals surface area contributed by atoms with Gasteiger partial charge in [0.25, 0.3) is 0 Å². The van der Waals surface area contributed by atoms with Crippen molar-refractivity contribution in [2.75, 3.05) is 37.6 Å². The molecule has 1 aliphatic heterocycles. The number of aliphatic carboxylic acids is 1. The van der Waals surface area contributed by atoms with Crippen LogP contribution in [0.25, 0.3) is 0 Å². The fraction of sp³-hybridized carbons (Fsp3) is 0.600. The molecule has 0 spiro atoms.